The van der Waals surface area contributed by atoms with Crippen LogP contribution in [0.15, 0.2) is 42.6 Å². The number of benzene rings is 1. The standard InChI is InChI=1S/C26H33FN4O/c1-18(2)25-24(21-6-8-23(27)9-7-21)16-22(10-12-28)26(29-25)30-13-14-31(20(4)17-30)19(3)11-15-32-5/h6-9,16,18,20H,3,11,13-15,17,28H2,1-2,4-5H3. The van der Waals surface area contributed by atoms with Crippen LogP contribution < -0.4 is 10.6 Å². The predicted molar refractivity (Wildman–Crippen MR) is 129 cm³/mol. The Morgan fingerprint density at radius 1 is 1.31 bits per heavy atom. The van der Waals surface area contributed by atoms with Gasteiger partial charge in [0, 0.05) is 56.5 Å². The Balaban J connectivity index is 1.96. The SMILES string of the molecule is C=C(CCOC)N1CCN(c2nc(C(C)C)c(-c3ccc(F)cc3)cc2C#CN)CC1C. The molecule has 2 heterocycles. The third kappa shape index (κ3) is 5.23. The van der Waals surface area contributed by atoms with Gasteiger partial charge in [0.05, 0.1) is 17.9 Å². The summed E-state index contributed by atoms with van der Waals surface area (Å²) in [4.78, 5) is 9.71. The lowest BCUT2D eigenvalue weighted by molar-refractivity contribution is 0.177. The fourth-order valence-corrected chi connectivity index (χ4v) is 4.21. The summed E-state index contributed by atoms with van der Waals surface area (Å²) < 4.78 is 18.7. The second kappa shape index (κ2) is 10.5. The summed E-state index contributed by atoms with van der Waals surface area (Å²) in [5.74, 6) is 3.83. The smallest absolute Gasteiger partial charge is 0.144 e. The number of hydrogen-bond donors (Lipinski definition) is 1. The van der Waals surface area contributed by atoms with Gasteiger partial charge in [-0.05, 0) is 42.5 Å². The third-order valence-corrected chi connectivity index (χ3v) is 5.87. The van der Waals surface area contributed by atoms with Crippen molar-refractivity contribution < 1.29 is 9.13 Å². The van der Waals surface area contributed by atoms with E-state index in [0.29, 0.717) is 6.61 Å². The van der Waals surface area contributed by atoms with Gasteiger partial charge in [-0.1, -0.05) is 32.6 Å². The second-order valence-electron chi connectivity index (χ2n) is 8.52. The lowest BCUT2D eigenvalue weighted by Gasteiger charge is -2.43. The zero-order chi connectivity index (χ0) is 23.3. The number of methoxy groups -OCH3 is 1. The number of pyridine rings is 1. The van der Waals surface area contributed by atoms with Crippen molar-refractivity contribution >= 4 is 5.82 Å². The van der Waals surface area contributed by atoms with Crippen molar-refractivity contribution in [1.82, 2.24) is 9.88 Å². The molecule has 2 N–H and O–H groups in total. The first-order valence-electron chi connectivity index (χ1n) is 11.1. The van der Waals surface area contributed by atoms with E-state index in [0.717, 1.165) is 60.0 Å². The molecule has 32 heavy (non-hydrogen) atoms. The fourth-order valence-electron chi connectivity index (χ4n) is 4.21. The van der Waals surface area contributed by atoms with Crippen LogP contribution in [0.1, 0.15) is 44.4 Å². The van der Waals surface area contributed by atoms with E-state index in [2.05, 4.69) is 49.1 Å². The summed E-state index contributed by atoms with van der Waals surface area (Å²) in [7, 11) is 1.71. The summed E-state index contributed by atoms with van der Waals surface area (Å²) in [5, 5.41) is 0. The number of hydrogen-bond acceptors (Lipinski definition) is 5. The van der Waals surface area contributed by atoms with Crippen molar-refractivity contribution in [3.63, 3.8) is 0 Å². The second-order valence-corrected chi connectivity index (χ2v) is 8.52. The Morgan fingerprint density at radius 3 is 2.62 bits per heavy atom. The molecule has 1 atom stereocenters. The summed E-state index contributed by atoms with van der Waals surface area (Å²) in [6, 6.07) is 11.4. The molecule has 170 valence electrons. The number of piperazine rings is 1. The van der Waals surface area contributed by atoms with Gasteiger partial charge in [-0.15, -0.1) is 0 Å². The molecule has 1 aromatic heterocycles. The highest BCUT2D eigenvalue weighted by atomic mass is 19.1. The number of anilines is 1. The minimum absolute atomic E-state index is 0.196. The van der Waals surface area contributed by atoms with Gasteiger partial charge in [0.15, 0.2) is 0 Å². The normalized spacial score (nSPS) is 16.1. The van der Waals surface area contributed by atoms with Crippen LogP contribution in [0.3, 0.4) is 0 Å². The Bertz CT molecular complexity index is 1010. The zero-order valence-electron chi connectivity index (χ0n) is 19.5. The van der Waals surface area contributed by atoms with Crippen molar-refractivity contribution in [2.45, 2.75) is 39.2 Å². The molecule has 5 nitrogen and oxygen atoms in total. The summed E-state index contributed by atoms with van der Waals surface area (Å²) in [6.45, 7) is 13.8. The van der Waals surface area contributed by atoms with E-state index in [1.54, 1.807) is 19.2 Å². The highest BCUT2D eigenvalue weighted by molar-refractivity contribution is 5.72. The molecule has 1 aromatic carbocycles. The molecule has 0 spiro atoms. The maximum absolute atomic E-state index is 13.5. The van der Waals surface area contributed by atoms with E-state index < -0.39 is 0 Å². The summed E-state index contributed by atoms with van der Waals surface area (Å²) in [5.41, 5.74) is 10.3. The van der Waals surface area contributed by atoms with Gasteiger partial charge in [0.1, 0.15) is 11.6 Å². The molecular formula is C26H33FN4O. The van der Waals surface area contributed by atoms with Crippen LogP contribution >= 0.6 is 0 Å². The number of halogens is 1. The van der Waals surface area contributed by atoms with Gasteiger partial charge < -0.3 is 20.3 Å². The average Bonchev–Trinajstić information content (AvgIpc) is 2.77. The van der Waals surface area contributed by atoms with Crippen molar-refractivity contribution in [2.24, 2.45) is 5.73 Å². The Kier molecular flexibility index (Phi) is 7.76. The van der Waals surface area contributed by atoms with Crippen molar-refractivity contribution in [1.29, 1.82) is 0 Å². The predicted octanol–water partition coefficient (Wildman–Crippen LogP) is 4.34. The van der Waals surface area contributed by atoms with Crippen molar-refractivity contribution in [3.8, 4) is 23.1 Å². The molecule has 1 unspecified atom stereocenters. The van der Waals surface area contributed by atoms with E-state index in [1.165, 1.54) is 12.1 Å². The largest absolute Gasteiger partial charge is 0.384 e. The van der Waals surface area contributed by atoms with Gasteiger partial charge in [-0.25, -0.2) is 9.37 Å². The molecule has 1 saturated heterocycles. The summed E-state index contributed by atoms with van der Waals surface area (Å²) >= 11 is 0. The van der Waals surface area contributed by atoms with Gasteiger partial charge >= 0.3 is 0 Å². The van der Waals surface area contributed by atoms with Crippen LogP contribution in [-0.4, -0.2) is 49.3 Å². The van der Waals surface area contributed by atoms with Crippen LogP contribution in [0.25, 0.3) is 11.1 Å². The van der Waals surface area contributed by atoms with E-state index in [9.17, 15) is 4.39 Å². The topological polar surface area (TPSA) is 54.6 Å². The number of rotatable bonds is 7. The molecule has 1 aliphatic heterocycles. The first-order valence-corrected chi connectivity index (χ1v) is 11.1. The van der Waals surface area contributed by atoms with E-state index >= 15 is 0 Å². The van der Waals surface area contributed by atoms with Crippen LogP contribution in [0.2, 0.25) is 0 Å². The maximum Gasteiger partial charge on any atom is 0.144 e. The van der Waals surface area contributed by atoms with Gasteiger partial charge in [-0.3, -0.25) is 0 Å². The van der Waals surface area contributed by atoms with Gasteiger partial charge in [0.2, 0.25) is 0 Å². The third-order valence-electron chi connectivity index (χ3n) is 5.87. The van der Waals surface area contributed by atoms with Crippen LogP contribution in [0.4, 0.5) is 10.2 Å². The Morgan fingerprint density at radius 2 is 2.03 bits per heavy atom. The quantitative estimate of drug-likeness (QED) is 0.517. The Labute approximate surface area is 191 Å². The lowest BCUT2D eigenvalue weighted by atomic mass is 9.95. The highest BCUT2D eigenvalue weighted by Gasteiger charge is 2.27. The number of nitrogens with two attached hydrogens (primary N) is 1. The molecule has 3 rings (SSSR count). The lowest BCUT2D eigenvalue weighted by Crippen LogP contribution is -2.51. The molecule has 6 heteroatoms. The maximum atomic E-state index is 13.5. The molecule has 0 aliphatic carbocycles. The summed E-state index contributed by atoms with van der Waals surface area (Å²) in [6.07, 6.45) is 0.826. The average molecular weight is 437 g/mol. The molecule has 0 amide bonds. The number of ether oxygens (including phenoxy) is 1. The molecule has 0 saturated carbocycles. The van der Waals surface area contributed by atoms with Crippen LogP contribution in [0, 0.1) is 17.8 Å². The molecule has 1 aliphatic rings. The zero-order valence-corrected chi connectivity index (χ0v) is 19.5. The first-order chi connectivity index (χ1) is 15.3. The minimum atomic E-state index is -0.259. The first kappa shape index (κ1) is 23.6. The van der Waals surface area contributed by atoms with Crippen LogP contribution in [-0.2, 0) is 4.74 Å². The number of nitrogens with zero attached hydrogens (tertiary/aromatic N) is 3. The highest BCUT2D eigenvalue weighted by Crippen LogP contribution is 2.33. The fraction of sp³-hybridized carbons (Fsp3) is 0.423. The van der Waals surface area contributed by atoms with Crippen molar-refractivity contribution in [2.75, 3.05) is 38.3 Å². The number of aromatic nitrogens is 1. The van der Waals surface area contributed by atoms with Gasteiger partial charge in [0.25, 0.3) is 0 Å². The van der Waals surface area contributed by atoms with Crippen LogP contribution in [0.5, 0.6) is 0 Å². The van der Waals surface area contributed by atoms with E-state index in [4.69, 9.17) is 15.5 Å². The molecule has 1 fully saturated rings. The molecule has 0 bridgehead atoms. The van der Waals surface area contributed by atoms with E-state index in [1.807, 2.05) is 6.07 Å². The minimum Gasteiger partial charge on any atom is -0.384 e. The molecule has 2 aromatic rings. The monoisotopic (exact) mass is 436 g/mol. The molecule has 0 radical (unpaired) electrons. The van der Waals surface area contributed by atoms with Gasteiger partial charge in [-0.2, -0.15) is 0 Å². The molecular weight excluding hydrogens is 403 g/mol. The van der Waals surface area contributed by atoms with E-state index in [-0.39, 0.29) is 17.8 Å². The van der Waals surface area contributed by atoms with Crippen molar-refractivity contribution in [3.05, 3.63) is 59.7 Å². The Hall–Kier alpha value is -3.04.